The van der Waals surface area contributed by atoms with E-state index in [1.807, 2.05) is 37.4 Å². The van der Waals surface area contributed by atoms with E-state index in [-0.39, 0.29) is 0 Å². The third-order valence-electron chi connectivity index (χ3n) is 4.24. The first-order valence-electron chi connectivity index (χ1n) is 8.86. The molecule has 0 unspecified atom stereocenters. The standard InChI is InChI=1S/C19H31N3O/c1-16(2)8-7-13-21-19(20-3)22-14-11-18(12-15-22)23-17-9-5-4-6-10-17/h4-6,9-10,16,18H,7-8,11-15H2,1-3H3,(H,20,21). The quantitative estimate of drug-likeness (QED) is 0.495. The molecule has 1 aromatic carbocycles. The number of piperidine rings is 1. The molecule has 0 spiro atoms. The third kappa shape index (κ3) is 6.12. The van der Waals surface area contributed by atoms with Crippen LogP contribution in [0.5, 0.6) is 5.75 Å². The zero-order valence-corrected chi connectivity index (χ0v) is 14.8. The molecular formula is C19H31N3O. The predicted molar refractivity (Wildman–Crippen MR) is 97.1 cm³/mol. The molecular weight excluding hydrogens is 286 g/mol. The Bertz CT molecular complexity index is 465. The average Bonchev–Trinajstić information content (AvgIpc) is 2.57. The van der Waals surface area contributed by atoms with Crippen molar-refractivity contribution in [2.45, 2.75) is 45.6 Å². The molecule has 4 heteroatoms. The molecule has 1 fully saturated rings. The van der Waals surface area contributed by atoms with Crippen LogP contribution >= 0.6 is 0 Å². The van der Waals surface area contributed by atoms with Crippen molar-refractivity contribution in [3.05, 3.63) is 30.3 Å². The van der Waals surface area contributed by atoms with E-state index in [1.54, 1.807) is 0 Å². The molecule has 1 N–H and O–H groups in total. The number of nitrogens with zero attached hydrogens (tertiary/aromatic N) is 2. The van der Waals surface area contributed by atoms with E-state index >= 15 is 0 Å². The van der Waals surface area contributed by atoms with Gasteiger partial charge in [-0.05, 0) is 30.9 Å². The van der Waals surface area contributed by atoms with E-state index in [9.17, 15) is 0 Å². The highest BCUT2D eigenvalue weighted by molar-refractivity contribution is 5.79. The smallest absolute Gasteiger partial charge is 0.193 e. The molecule has 1 saturated heterocycles. The summed E-state index contributed by atoms with van der Waals surface area (Å²) < 4.78 is 6.05. The highest BCUT2D eigenvalue weighted by Gasteiger charge is 2.22. The second-order valence-corrected chi connectivity index (χ2v) is 6.63. The molecule has 2 rings (SSSR count). The third-order valence-corrected chi connectivity index (χ3v) is 4.24. The number of guanidine groups is 1. The lowest BCUT2D eigenvalue weighted by Gasteiger charge is -2.34. The van der Waals surface area contributed by atoms with Crippen LogP contribution in [0.1, 0.15) is 39.5 Å². The van der Waals surface area contributed by atoms with Crippen LogP contribution in [0.2, 0.25) is 0 Å². The van der Waals surface area contributed by atoms with Gasteiger partial charge in [0.15, 0.2) is 5.96 Å². The molecule has 4 nitrogen and oxygen atoms in total. The first-order valence-corrected chi connectivity index (χ1v) is 8.86. The molecule has 23 heavy (non-hydrogen) atoms. The van der Waals surface area contributed by atoms with E-state index in [2.05, 4.69) is 29.1 Å². The molecule has 0 saturated carbocycles. The van der Waals surface area contributed by atoms with E-state index in [0.717, 1.165) is 50.1 Å². The summed E-state index contributed by atoms with van der Waals surface area (Å²) in [6, 6.07) is 10.1. The molecule has 0 aliphatic carbocycles. The van der Waals surface area contributed by atoms with Gasteiger partial charge in [-0.1, -0.05) is 32.0 Å². The van der Waals surface area contributed by atoms with Crippen LogP contribution in [-0.4, -0.2) is 43.6 Å². The van der Waals surface area contributed by atoms with Crippen LogP contribution in [0, 0.1) is 5.92 Å². The summed E-state index contributed by atoms with van der Waals surface area (Å²) in [5.41, 5.74) is 0. The van der Waals surface area contributed by atoms with Gasteiger partial charge in [0, 0.05) is 39.5 Å². The fraction of sp³-hybridized carbons (Fsp3) is 0.632. The molecule has 1 aliphatic rings. The van der Waals surface area contributed by atoms with Crippen molar-refractivity contribution in [2.75, 3.05) is 26.7 Å². The number of benzene rings is 1. The largest absolute Gasteiger partial charge is 0.490 e. The molecule has 0 atom stereocenters. The Kier molecular flexibility index (Phi) is 7.24. The molecule has 0 amide bonds. The van der Waals surface area contributed by atoms with E-state index in [1.165, 1.54) is 12.8 Å². The summed E-state index contributed by atoms with van der Waals surface area (Å²) in [4.78, 5) is 6.78. The van der Waals surface area contributed by atoms with Crippen LogP contribution < -0.4 is 10.1 Å². The van der Waals surface area contributed by atoms with E-state index in [0.29, 0.717) is 6.10 Å². The van der Waals surface area contributed by atoms with Gasteiger partial charge in [0.2, 0.25) is 0 Å². The topological polar surface area (TPSA) is 36.9 Å². The van der Waals surface area contributed by atoms with Crippen LogP contribution in [0.25, 0.3) is 0 Å². The SMILES string of the molecule is CN=C(NCCCC(C)C)N1CCC(Oc2ccccc2)CC1. The summed E-state index contributed by atoms with van der Waals surface area (Å²) in [6.07, 6.45) is 4.86. The zero-order chi connectivity index (χ0) is 16.5. The van der Waals surface area contributed by atoms with Crippen molar-refractivity contribution in [2.24, 2.45) is 10.9 Å². The van der Waals surface area contributed by atoms with Crippen molar-refractivity contribution in [3.63, 3.8) is 0 Å². The summed E-state index contributed by atoms with van der Waals surface area (Å²) in [5, 5.41) is 3.49. The molecule has 0 radical (unpaired) electrons. The lowest BCUT2D eigenvalue weighted by molar-refractivity contribution is 0.129. The minimum Gasteiger partial charge on any atom is -0.490 e. The van der Waals surface area contributed by atoms with Gasteiger partial charge >= 0.3 is 0 Å². The minimum atomic E-state index is 0.313. The van der Waals surface area contributed by atoms with Crippen LogP contribution in [0.15, 0.2) is 35.3 Å². The van der Waals surface area contributed by atoms with Crippen molar-refractivity contribution in [1.82, 2.24) is 10.2 Å². The second-order valence-electron chi connectivity index (χ2n) is 6.63. The van der Waals surface area contributed by atoms with E-state index in [4.69, 9.17) is 4.74 Å². The molecule has 1 heterocycles. The monoisotopic (exact) mass is 317 g/mol. The van der Waals surface area contributed by atoms with Gasteiger partial charge in [-0.15, -0.1) is 0 Å². The molecule has 128 valence electrons. The van der Waals surface area contributed by atoms with Crippen molar-refractivity contribution >= 4 is 5.96 Å². The number of para-hydroxylation sites is 1. The van der Waals surface area contributed by atoms with Crippen molar-refractivity contribution in [3.8, 4) is 5.75 Å². The maximum absolute atomic E-state index is 6.05. The number of hydrogen-bond acceptors (Lipinski definition) is 2. The van der Waals surface area contributed by atoms with Gasteiger partial charge in [-0.3, -0.25) is 4.99 Å². The summed E-state index contributed by atoms with van der Waals surface area (Å²) in [7, 11) is 1.87. The molecule has 1 aliphatic heterocycles. The number of nitrogens with one attached hydrogen (secondary N) is 1. The van der Waals surface area contributed by atoms with Crippen molar-refractivity contribution in [1.29, 1.82) is 0 Å². The Morgan fingerprint density at radius 3 is 2.57 bits per heavy atom. The normalized spacial score (nSPS) is 16.7. The highest BCUT2D eigenvalue weighted by atomic mass is 16.5. The molecule has 1 aromatic rings. The maximum atomic E-state index is 6.05. The number of ether oxygens (including phenoxy) is 1. The van der Waals surface area contributed by atoms with Crippen LogP contribution in [0.4, 0.5) is 0 Å². The summed E-state index contributed by atoms with van der Waals surface area (Å²) >= 11 is 0. The average molecular weight is 317 g/mol. The Morgan fingerprint density at radius 1 is 1.26 bits per heavy atom. The fourth-order valence-corrected chi connectivity index (χ4v) is 2.92. The first-order chi connectivity index (χ1) is 11.2. The Hall–Kier alpha value is -1.71. The summed E-state index contributed by atoms with van der Waals surface area (Å²) in [6.45, 7) is 7.55. The van der Waals surface area contributed by atoms with Crippen LogP contribution in [-0.2, 0) is 0 Å². The Labute approximate surface area is 140 Å². The lowest BCUT2D eigenvalue weighted by atomic mass is 10.1. The number of aliphatic imine (C=N–C) groups is 1. The number of likely N-dealkylation sites (tertiary alicyclic amines) is 1. The first kappa shape index (κ1) is 17.6. The summed E-state index contributed by atoms with van der Waals surface area (Å²) in [5.74, 6) is 2.78. The fourth-order valence-electron chi connectivity index (χ4n) is 2.92. The predicted octanol–water partition coefficient (Wildman–Crippen LogP) is 3.54. The van der Waals surface area contributed by atoms with Crippen LogP contribution in [0.3, 0.4) is 0 Å². The van der Waals surface area contributed by atoms with Gasteiger partial charge < -0.3 is 15.0 Å². The highest BCUT2D eigenvalue weighted by Crippen LogP contribution is 2.18. The molecule has 0 bridgehead atoms. The van der Waals surface area contributed by atoms with Gasteiger partial charge in [0.1, 0.15) is 11.9 Å². The van der Waals surface area contributed by atoms with Gasteiger partial charge in [0.05, 0.1) is 0 Å². The van der Waals surface area contributed by atoms with Crippen molar-refractivity contribution < 1.29 is 4.74 Å². The Morgan fingerprint density at radius 2 is 1.96 bits per heavy atom. The number of rotatable bonds is 6. The minimum absolute atomic E-state index is 0.313. The zero-order valence-electron chi connectivity index (χ0n) is 14.8. The lowest BCUT2D eigenvalue weighted by Crippen LogP contribution is -2.47. The van der Waals surface area contributed by atoms with Gasteiger partial charge in [0.25, 0.3) is 0 Å². The van der Waals surface area contributed by atoms with Gasteiger partial charge in [-0.25, -0.2) is 0 Å². The van der Waals surface area contributed by atoms with Gasteiger partial charge in [-0.2, -0.15) is 0 Å². The Balaban J connectivity index is 1.72. The molecule has 0 aromatic heterocycles. The van der Waals surface area contributed by atoms with E-state index < -0.39 is 0 Å². The second kappa shape index (κ2) is 9.43. The number of hydrogen-bond donors (Lipinski definition) is 1. The maximum Gasteiger partial charge on any atom is 0.193 e.